The van der Waals surface area contributed by atoms with Crippen molar-refractivity contribution in [2.75, 3.05) is 33.2 Å². The number of amides is 1. The van der Waals surface area contributed by atoms with Crippen LogP contribution < -0.4 is 0 Å². The molecule has 19 heavy (non-hydrogen) atoms. The van der Waals surface area contributed by atoms with Gasteiger partial charge in [-0.3, -0.25) is 4.79 Å². The molecule has 1 saturated heterocycles. The highest BCUT2D eigenvalue weighted by atomic mass is 16.2. The van der Waals surface area contributed by atoms with E-state index in [1.165, 1.54) is 0 Å². The van der Waals surface area contributed by atoms with E-state index < -0.39 is 0 Å². The highest BCUT2D eigenvalue weighted by Gasteiger charge is 2.22. The first-order valence-electron chi connectivity index (χ1n) is 6.58. The summed E-state index contributed by atoms with van der Waals surface area (Å²) in [5.41, 5.74) is 2.41. The average molecular weight is 258 g/mol. The van der Waals surface area contributed by atoms with Gasteiger partial charge in [-0.25, -0.2) is 4.98 Å². The average Bonchev–Trinajstić information content (AvgIpc) is 2.78. The van der Waals surface area contributed by atoms with Crippen molar-refractivity contribution in [3.8, 4) is 0 Å². The molecule has 1 aliphatic rings. The molecule has 1 amide bonds. The van der Waals surface area contributed by atoms with Crippen molar-refractivity contribution in [3.05, 3.63) is 29.6 Å². The molecule has 1 aliphatic heterocycles. The van der Waals surface area contributed by atoms with E-state index in [0.29, 0.717) is 5.56 Å². The number of imidazole rings is 1. The summed E-state index contributed by atoms with van der Waals surface area (Å²) in [7, 11) is 2.08. The topological polar surface area (TPSA) is 52.2 Å². The fourth-order valence-electron chi connectivity index (χ4n) is 2.51. The number of fused-ring (bicyclic) bond motifs is 1. The molecule has 0 unspecified atom stereocenters. The molecule has 0 aliphatic carbocycles. The van der Waals surface area contributed by atoms with Crippen LogP contribution in [0, 0.1) is 6.92 Å². The third-order valence-corrected chi connectivity index (χ3v) is 3.65. The number of carbonyl (C=O) groups is 1. The SMILES string of the molecule is Cc1nc2c(C(=O)N3CCN(C)CC3)cccc2[nH]1. The van der Waals surface area contributed by atoms with Gasteiger partial charge in [-0.15, -0.1) is 0 Å². The molecule has 3 rings (SSSR count). The predicted octanol–water partition coefficient (Wildman–Crippen LogP) is 1.26. The van der Waals surface area contributed by atoms with Crippen molar-refractivity contribution in [2.24, 2.45) is 0 Å². The lowest BCUT2D eigenvalue weighted by Crippen LogP contribution is -2.47. The van der Waals surface area contributed by atoms with Gasteiger partial charge in [0.05, 0.1) is 11.1 Å². The Kier molecular flexibility index (Phi) is 2.98. The quantitative estimate of drug-likeness (QED) is 0.838. The van der Waals surface area contributed by atoms with Gasteiger partial charge in [0.2, 0.25) is 0 Å². The van der Waals surface area contributed by atoms with Gasteiger partial charge in [0.15, 0.2) is 0 Å². The van der Waals surface area contributed by atoms with Gasteiger partial charge in [0.25, 0.3) is 5.91 Å². The Labute approximate surface area is 112 Å². The number of aromatic nitrogens is 2. The van der Waals surface area contributed by atoms with Gasteiger partial charge in [-0.05, 0) is 26.1 Å². The third-order valence-electron chi connectivity index (χ3n) is 3.65. The largest absolute Gasteiger partial charge is 0.342 e. The zero-order valence-electron chi connectivity index (χ0n) is 11.3. The van der Waals surface area contributed by atoms with E-state index in [2.05, 4.69) is 21.9 Å². The molecule has 1 aromatic carbocycles. The summed E-state index contributed by atoms with van der Waals surface area (Å²) in [6, 6.07) is 5.72. The number of benzene rings is 1. The summed E-state index contributed by atoms with van der Waals surface area (Å²) >= 11 is 0. The smallest absolute Gasteiger partial charge is 0.256 e. The molecule has 1 aromatic heterocycles. The number of aryl methyl sites for hydroxylation is 1. The van der Waals surface area contributed by atoms with Crippen LogP contribution in [-0.4, -0.2) is 58.9 Å². The van der Waals surface area contributed by atoms with Crippen LogP contribution in [-0.2, 0) is 0 Å². The molecular weight excluding hydrogens is 240 g/mol. The van der Waals surface area contributed by atoms with Crippen LogP contribution in [0.15, 0.2) is 18.2 Å². The van der Waals surface area contributed by atoms with Gasteiger partial charge in [-0.2, -0.15) is 0 Å². The van der Waals surface area contributed by atoms with Gasteiger partial charge < -0.3 is 14.8 Å². The molecule has 0 radical (unpaired) electrons. The molecule has 5 heteroatoms. The molecule has 5 nitrogen and oxygen atoms in total. The summed E-state index contributed by atoms with van der Waals surface area (Å²) in [5, 5.41) is 0. The van der Waals surface area contributed by atoms with Crippen molar-refractivity contribution in [1.29, 1.82) is 0 Å². The van der Waals surface area contributed by atoms with Crippen molar-refractivity contribution >= 4 is 16.9 Å². The van der Waals surface area contributed by atoms with Crippen LogP contribution in [0.2, 0.25) is 0 Å². The summed E-state index contributed by atoms with van der Waals surface area (Å²) in [4.78, 5) is 24.3. The minimum atomic E-state index is 0.0881. The first-order chi connectivity index (χ1) is 9.15. The zero-order valence-corrected chi connectivity index (χ0v) is 11.3. The summed E-state index contributed by atoms with van der Waals surface area (Å²) in [6.07, 6.45) is 0. The molecule has 1 N–H and O–H groups in total. The fraction of sp³-hybridized carbons (Fsp3) is 0.429. The van der Waals surface area contributed by atoms with E-state index >= 15 is 0 Å². The fourth-order valence-corrected chi connectivity index (χ4v) is 2.51. The molecule has 2 heterocycles. The number of para-hydroxylation sites is 1. The van der Waals surface area contributed by atoms with Gasteiger partial charge in [-0.1, -0.05) is 6.07 Å². The van der Waals surface area contributed by atoms with Gasteiger partial charge >= 0.3 is 0 Å². The van der Waals surface area contributed by atoms with Gasteiger partial charge in [0, 0.05) is 26.2 Å². The Balaban J connectivity index is 1.93. The maximum atomic E-state index is 12.6. The Hall–Kier alpha value is -1.88. The van der Waals surface area contributed by atoms with Gasteiger partial charge in [0.1, 0.15) is 11.3 Å². The van der Waals surface area contributed by atoms with E-state index in [9.17, 15) is 4.79 Å². The standard InChI is InChI=1S/C14H18N4O/c1-10-15-12-5-3-4-11(13(12)16-10)14(19)18-8-6-17(2)7-9-18/h3-5H,6-9H2,1-2H3,(H,15,16). The van der Waals surface area contributed by atoms with Crippen molar-refractivity contribution in [1.82, 2.24) is 19.8 Å². The number of piperazine rings is 1. The van der Waals surface area contributed by atoms with Crippen molar-refractivity contribution in [2.45, 2.75) is 6.92 Å². The molecule has 0 spiro atoms. The number of carbonyl (C=O) groups excluding carboxylic acids is 1. The number of aromatic amines is 1. The number of H-pyrrole nitrogens is 1. The Morgan fingerprint density at radius 2 is 2.00 bits per heavy atom. The van der Waals surface area contributed by atoms with Crippen molar-refractivity contribution < 1.29 is 4.79 Å². The van der Waals surface area contributed by atoms with E-state index in [4.69, 9.17) is 0 Å². The maximum Gasteiger partial charge on any atom is 0.256 e. The van der Waals surface area contributed by atoms with Crippen molar-refractivity contribution in [3.63, 3.8) is 0 Å². The summed E-state index contributed by atoms with van der Waals surface area (Å²) < 4.78 is 0. The second-order valence-electron chi connectivity index (χ2n) is 5.12. The summed E-state index contributed by atoms with van der Waals surface area (Å²) in [5.74, 6) is 0.929. The highest BCUT2D eigenvalue weighted by Crippen LogP contribution is 2.18. The first-order valence-corrected chi connectivity index (χ1v) is 6.58. The lowest BCUT2D eigenvalue weighted by molar-refractivity contribution is 0.0666. The first kappa shape index (κ1) is 12.2. The Bertz CT molecular complexity index is 611. The molecule has 2 aromatic rings. The number of nitrogens with zero attached hydrogens (tertiary/aromatic N) is 3. The zero-order chi connectivity index (χ0) is 13.4. The number of hydrogen-bond acceptors (Lipinski definition) is 3. The second-order valence-corrected chi connectivity index (χ2v) is 5.12. The molecule has 1 fully saturated rings. The number of hydrogen-bond donors (Lipinski definition) is 1. The number of nitrogens with one attached hydrogen (secondary N) is 1. The molecule has 0 atom stereocenters. The molecule has 100 valence electrons. The summed E-state index contributed by atoms with van der Waals surface area (Å²) in [6.45, 7) is 5.34. The Morgan fingerprint density at radius 1 is 1.26 bits per heavy atom. The second kappa shape index (κ2) is 4.66. The van der Waals surface area contributed by atoms with Crippen LogP contribution >= 0.6 is 0 Å². The van der Waals surface area contributed by atoms with Crippen LogP contribution in [0.5, 0.6) is 0 Å². The van der Waals surface area contributed by atoms with Crippen LogP contribution in [0.1, 0.15) is 16.2 Å². The normalized spacial score (nSPS) is 17.1. The van der Waals surface area contributed by atoms with Crippen LogP contribution in [0.4, 0.5) is 0 Å². The maximum absolute atomic E-state index is 12.6. The molecule has 0 saturated carbocycles. The number of likely N-dealkylation sites (N-methyl/N-ethyl adjacent to an activating group) is 1. The molecular formula is C14H18N4O. The molecule has 0 bridgehead atoms. The number of rotatable bonds is 1. The highest BCUT2D eigenvalue weighted by molar-refractivity contribution is 6.04. The lowest BCUT2D eigenvalue weighted by Gasteiger charge is -2.32. The third kappa shape index (κ3) is 2.21. The monoisotopic (exact) mass is 258 g/mol. The Morgan fingerprint density at radius 3 is 2.74 bits per heavy atom. The van der Waals surface area contributed by atoms with E-state index in [1.54, 1.807) is 0 Å². The van der Waals surface area contributed by atoms with Crippen LogP contribution in [0.3, 0.4) is 0 Å². The van der Waals surface area contributed by atoms with E-state index in [-0.39, 0.29) is 5.91 Å². The van der Waals surface area contributed by atoms with E-state index in [0.717, 1.165) is 43.0 Å². The minimum Gasteiger partial charge on any atom is -0.342 e. The van der Waals surface area contributed by atoms with E-state index in [1.807, 2.05) is 30.0 Å². The minimum absolute atomic E-state index is 0.0881. The lowest BCUT2D eigenvalue weighted by atomic mass is 10.1. The predicted molar refractivity (Wildman–Crippen MR) is 74.2 cm³/mol. The van der Waals surface area contributed by atoms with Crippen LogP contribution in [0.25, 0.3) is 11.0 Å².